The van der Waals surface area contributed by atoms with Gasteiger partial charge in [0.1, 0.15) is 12.1 Å². The predicted octanol–water partition coefficient (Wildman–Crippen LogP) is 3.43. The second-order valence-corrected chi connectivity index (χ2v) is 21.5. The minimum absolute atomic E-state index is 0.00226. The lowest BCUT2D eigenvalue weighted by molar-refractivity contribution is -0.148. The molecule has 1 aromatic rings. The van der Waals surface area contributed by atoms with E-state index < -0.39 is 56.7 Å². The first-order chi connectivity index (χ1) is 27.2. The first-order valence-corrected chi connectivity index (χ1v) is 24.3. The summed E-state index contributed by atoms with van der Waals surface area (Å²) >= 11 is 0. The maximum absolute atomic E-state index is 14.3. The molecule has 2 rings (SSSR count). The van der Waals surface area contributed by atoms with Gasteiger partial charge in [-0.05, 0) is 76.8 Å². The molecule has 4 N–H and O–H groups in total. The van der Waals surface area contributed by atoms with Gasteiger partial charge in [0.15, 0.2) is 8.32 Å². The van der Waals surface area contributed by atoms with Crippen LogP contribution in [0.1, 0.15) is 79.2 Å². The van der Waals surface area contributed by atoms with E-state index in [4.69, 9.17) is 9.47 Å². The van der Waals surface area contributed by atoms with Crippen molar-refractivity contribution in [3.8, 4) is 0 Å². The predicted molar refractivity (Wildman–Crippen MR) is 230 cm³/mol. The molecule has 0 radical (unpaired) electrons. The zero-order valence-electron chi connectivity index (χ0n) is 37.7. The molecule has 0 bridgehead atoms. The van der Waals surface area contributed by atoms with E-state index in [1.807, 2.05) is 85.2 Å². The number of likely N-dealkylation sites (N-methyl/N-ethyl adjacent to an activating group) is 2. The molecule has 1 unspecified atom stereocenters. The lowest BCUT2D eigenvalue weighted by atomic mass is 9.89. The highest BCUT2D eigenvalue weighted by Gasteiger charge is 2.43. The van der Waals surface area contributed by atoms with Crippen molar-refractivity contribution in [2.75, 3.05) is 48.5 Å². The van der Waals surface area contributed by atoms with Gasteiger partial charge in [-0.2, -0.15) is 0 Å². The van der Waals surface area contributed by atoms with Gasteiger partial charge in [0.25, 0.3) is 0 Å². The lowest BCUT2D eigenvalue weighted by Crippen LogP contribution is -2.59. The molecule has 330 valence electrons. The summed E-state index contributed by atoms with van der Waals surface area (Å²) in [6.45, 7) is 16.0. The highest BCUT2D eigenvalue weighted by Crippen LogP contribution is 2.30. The van der Waals surface area contributed by atoms with Crippen molar-refractivity contribution >= 4 is 37.9 Å². The fraction of sp³-hybridized carbons (Fsp3) is 0.744. The van der Waals surface area contributed by atoms with Crippen molar-refractivity contribution in [2.24, 2.45) is 17.8 Å². The minimum atomic E-state index is -2.25. The summed E-state index contributed by atoms with van der Waals surface area (Å²) < 4.78 is 12.0. The summed E-state index contributed by atoms with van der Waals surface area (Å²) in [5.74, 6) is -2.24. The minimum Gasteiger partial charge on any atom is -0.432 e. The monoisotopic (exact) mass is 833 g/mol. The number of carbonyl (C=O) groups excluding carboxylic acids is 5. The summed E-state index contributed by atoms with van der Waals surface area (Å²) in [5, 5.41) is 8.89. The van der Waals surface area contributed by atoms with Gasteiger partial charge >= 0.3 is 0 Å². The van der Waals surface area contributed by atoms with Crippen LogP contribution >= 0.6 is 0 Å². The zero-order chi connectivity index (χ0) is 43.9. The van der Waals surface area contributed by atoms with Crippen LogP contribution in [0, 0.1) is 17.8 Å². The first-order valence-electron chi connectivity index (χ1n) is 21.1. The van der Waals surface area contributed by atoms with Crippen LogP contribution in [0.15, 0.2) is 30.3 Å². The molecule has 1 fully saturated rings. The van der Waals surface area contributed by atoms with E-state index in [9.17, 15) is 28.8 Å². The van der Waals surface area contributed by atoms with Crippen LogP contribution in [0.2, 0.25) is 19.1 Å². The molecule has 0 aliphatic carbocycles. The first kappa shape index (κ1) is 50.8. The van der Waals surface area contributed by atoms with Gasteiger partial charge in [0.2, 0.25) is 29.5 Å². The number of methoxy groups -OCH3 is 2. The van der Waals surface area contributed by atoms with Crippen LogP contribution in [-0.2, 0) is 39.9 Å². The van der Waals surface area contributed by atoms with Crippen molar-refractivity contribution < 1.29 is 38.2 Å². The van der Waals surface area contributed by atoms with E-state index in [0.29, 0.717) is 38.4 Å². The SMILES string of the molecule is CC[C@H](C)[C@@H]([C@@H](CC(=O)N1CCC[C@H]1[C@H](OC)[C@@H](C)C(=O)N[C@@H](Cc1ccccc1)C(=O)NCCC[Si](C)(C)O)OC)N(C)C(=O)[C@@H](NC(=O)C(C)N(C)C)C(C)C. The van der Waals surface area contributed by atoms with Crippen LogP contribution < -0.4 is 16.0 Å². The third kappa shape index (κ3) is 15.0. The molecule has 0 spiro atoms. The molecular formula is C43H76N6O8Si. The van der Waals surface area contributed by atoms with Crippen LogP contribution in [0.4, 0.5) is 0 Å². The smallest absolute Gasteiger partial charge is 0.245 e. The van der Waals surface area contributed by atoms with Crippen molar-refractivity contribution in [3.05, 3.63) is 35.9 Å². The zero-order valence-corrected chi connectivity index (χ0v) is 38.7. The Kier molecular flexibility index (Phi) is 21.0. The molecule has 1 aromatic carbocycles. The Morgan fingerprint density at radius 3 is 2.10 bits per heavy atom. The van der Waals surface area contributed by atoms with Crippen molar-refractivity contribution in [1.82, 2.24) is 30.7 Å². The van der Waals surface area contributed by atoms with Gasteiger partial charge in [-0.15, -0.1) is 0 Å². The number of likely N-dealkylation sites (tertiary alicyclic amines) is 1. The molecule has 1 heterocycles. The summed E-state index contributed by atoms with van der Waals surface area (Å²) in [4.78, 5) is 84.3. The Morgan fingerprint density at radius 2 is 1.57 bits per heavy atom. The lowest BCUT2D eigenvalue weighted by Gasteiger charge is -2.41. The number of carbonyl (C=O) groups is 5. The summed E-state index contributed by atoms with van der Waals surface area (Å²) in [6, 6.07) is 7.25. The van der Waals surface area contributed by atoms with Crippen molar-refractivity contribution in [2.45, 2.75) is 142 Å². The van der Waals surface area contributed by atoms with Crippen LogP contribution in [0.25, 0.3) is 0 Å². The fourth-order valence-corrected chi connectivity index (χ4v) is 8.81. The Bertz CT molecular complexity index is 1460. The Hall–Kier alpha value is -3.37. The number of benzene rings is 1. The number of nitrogens with zero attached hydrogens (tertiary/aromatic N) is 3. The van der Waals surface area contributed by atoms with Gasteiger partial charge in [0, 0.05) is 40.8 Å². The topological polar surface area (TPSA) is 170 Å². The number of nitrogens with one attached hydrogen (secondary N) is 3. The standard InChI is InChI=1S/C43H76N6O8Si/c1-14-29(4)38(48(9)43(54)37(28(2)3)46-41(52)31(6)47(7)8)35(56-10)27-36(50)49-24-18-22-34(49)39(57-11)30(5)40(51)45-33(26-32-20-16-15-17-21-32)42(53)44-23-19-25-58(12,13)55/h15-17,20-21,28-31,33-35,37-39,55H,14,18-19,22-27H2,1-13H3,(H,44,53)(H,45,51)(H,46,52)/t29-,30+,31?,33-,34-,35+,37-,38-,39+/m0/s1. The molecule has 1 aliphatic rings. The Labute approximate surface area is 349 Å². The number of hydrogen-bond donors (Lipinski definition) is 4. The quantitative estimate of drug-likeness (QED) is 0.0901. The molecule has 0 saturated carbocycles. The summed E-state index contributed by atoms with van der Waals surface area (Å²) in [6.07, 6.45) is 1.72. The number of ether oxygens (including phenoxy) is 2. The van der Waals surface area contributed by atoms with Crippen LogP contribution in [0.5, 0.6) is 0 Å². The highest BCUT2D eigenvalue weighted by atomic mass is 28.4. The van der Waals surface area contributed by atoms with E-state index in [-0.39, 0.29) is 47.8 Å². The number of hydrogen-bond acceptors (Lipinski definition) is 9. The average Bonchev–Trinajstić information content (AvgIpc) is 3.66. The third-order valence-corrected chi connectivity index (χ3v) is 13.4. The maximum atomic E-state index is 14.3. The maximum Gasteiger partial charge on any atom is 0.245 e. The second-order valence-electron chi connectivity index (χ2n) is 17.4. The molecule has 15 heteroatoms. The van der Waals surface area contributed by atoms with E-state index >= 15 is 0 Å². The van der Waals surface area contributed by atoms with E-state index in [0.717, 1.165) is 18.4 Å². The number of rotatable bonds is 24. The molecule has 5 amide bonds. The normalized spacial score (nSPS) is 18.8. The third-order valence-electron chi connectivity index (χ3n) is 11.8. The fourth-order valence-electron chi connectivity index (χ4n) is 7.77. The van der Waals surface area contributed by atoms with Crippen LogP contribution in [0.3, 0.4) is 0 Å². The van der Waals surface area contributed by atoms with Crippen LogP contribution in [-0.4, -0.2) is 148 Å². The van der Waals surface area contributed by atoms with Crippen molar-refractivity contribution in [3.63, 3.8) is 0 Å². The van der Waals surface area contributed by atoms with Crippen molar-refractivity contribution in [1.29, 1.82) is 0 Å². The molecule has 1 saturated heterocycles. The molecule has 0 aromatic heterocycles. The highest BCUT2D eigenvalue weighted by molar-refractivity contribution is 6.69. The molecule has 9 atom stereocenters. The second kappa shape index (κ2) is 24.0. The molecule has 58 heavy (non-hydrogen) atoms. The number of amides is 5. The average molecular weight is 833 g/mol. The van der Waals surface area contributed by atoms with E-state index in [2.05, 4.69) is 16.0 Å². The van der Waals surface area contributed by atoms with Gasteiger partial charge < -0.3 is 40.0 Å². The summed E-state index contributed by atoms with van der Waals surface area (Å²) in [7, 11) is 6.17. The summed E-state index contributed by atoms with van der Waals surface area (Å²) in [5.41, 5.74) is 0.898. The van der Waals surface area contributed by atoms with Gasteiger partial charge in [-0.25, -0.2) is 0 Å². The molecular weight excluding hydrogens is 757 g/mol. The Morgan fingerprint density at radius 1 is 0.931 bits per heavy atom. The van der Waals surface area contributed by atoms with Gasteiger partial charge in [-0.3, -0.25) is 28.9 Å². The molecule has 14 nitrogen and oxygen atoms in total. The van der Waals surface area contributed by atoms with Gasteiger partial charge in [-0.1, -0.05) is 71.4 Å². The van der Waals surface area contributed by atoms with E-state index in [1.54, 1.807) is 42.7 Å². The Balaban J connectivity index is 2.27. The molecule has 1 aliphatic heterocycles. The van der Waals surface area contributed by atoms with Gasteiger partial charge in [0.05, 0.1) is 42.7 Å². The largest absolute Gasteiger partial charge is 0.432 e. The van der Waals surface area contributed by atoms with E-state index in [1.165, 1.54) is 7.11 Å².